The fourth-order valence-corrected chi connectivity index (χ4v) is 5.75. The maximum atomic E-state index is 9.91. The molecule has 1 nitrogen and oxygen atoms in total. The number of hydrogen-bond acceptors (Lipinski definition) is 1. The molecule has 0 aliphatic carbocycles. The van der Waals surface area contributed by atoms with Gasteiger partial charge in [0.25, 0.3) is 0 Å². The van der Waals surface area contributed by atoms with Gasteiger partial charge < -0.3 is 0 Å². The molecule has 2 aromatic rings. The summed E-state index contributed by atoms with van der Waals surface area (Å²) in [6, 6.07) is 20.9. The summed E-state index contributed by atoms with van der Waals surface area (Å²) < 4.78 is 3.82. The van der Waals surface area contributed by atoms with Crippen molar-refractivity contribution in [3.05, 3.63) is 70.1 Å². The van der Waals surface area contributed by atoms with Crippen LogP contribution < -0.4 is 8.92 Å². The second-order valence-corrected chi connectivity index (χ2v) is 8.43. The molecule has 0 saturated carbocycles. The van der Waals surface area contributed by atoms with Crippen LogP contribution in [0.5, 0.6) is 0 Å². The van der Waals surface area contributed by atoms with E-state index in [-0.39, 0.29) is 21.1 Å². The van der Waals surface area contributed by atoms with Gasteiger partial charge in [-0.3, -0.25) is 0 Å². The third-order valence-electron chi connectivity index (χ3n) is 2.45. The predicted octanol–water partition coefficient (Wildman–Crippen LogP) is 1.27. The second kappa shape index (κ2) is 7.69. The standard InChI is InChI=1S/C16H16OSe2/c1-13(17)16(19-15-10-6-3-7-11-15)12-18-14-8-4-2-5-9-14/h2-13,17H,1H3/b16-12-. The summed E-state index contributed by atoms with van der Waals surface area (Å²) in [5.41, 5.74) is 0. The van der Waals surface area contributed by atoms with Gasteiger partial charge >= 0.3 is 127 Å². The molecular formula is C16H16OSe2. The Morgan fingerprint density at radius 3 is 2.00 bits per heavy atom. The average Bonchev–Trinajstić information content (AvgIpc) is 2.45. The number of hydrogen-bond donors (Lipinski definition) is 1. The Hall–Kier alpha value is -0.821. The van der Waals surface area contributed by atoms with E-state index in [1.54, 1.807) is 0 Å². The molecule has 1 unspecified atom stereocenters. The van der Waals surface area contributed by atoms with Crippen molar-refractivity contribution in [2.45, 2.75) is 13.0 Å². The molecule has 0 amide bonds. The normalized spacial score (nSPS) is 13.3. The van der Waals surface area contributed by atoms with E-state index in [2.05, 4.69) is 53.5 Å². The van der Waals surface area contributed by atoms with Crippen molar-refractivity contribution in [3.8, 4) is 0 Å². The molecule has 1 atom stereocenters. The van der Waals surface area contributed by atoms with Crippen molar-refractivity contribution in [1.82, 2.24) is 0 Å². The molecule has 98 valence electrons. The molecule has 0 radical (unpaired) electrons. The first kappa shape index (κ1) is 14.6. The number of benzene rings is 2. The van der Waals surface area contributed by atoms with Crippen molar-refractivity contribution < 1.29 is 5.11 Å². The molecule has 0 spiro atoms. The van der Waals surface area contributed by atoms with Gasteiger partial charge in [0.15, 0.2) is 0 Å². The molecule has 0 heterocycles. The topological polar surface area (TPSA) is 20.2 Å². The van der Waals surface area contributed by atoms with Gasteiger partial charge in [0.2, 0.25) is 0 Å². The Morgan fingerprint density at radius 2 is 1.47 bits per heavy atom. The molecule has 19 heavy (non-hydrogen) atoms. The van der Waals surface area contributed by atoms with Gasteiger partial charge in [0.05, 0.1) is 0 Å². The number of rotatable bonds is 5. The first-order valence-corrected chi connectivity index (χ1v) is 9.64. The molecule has 2 rings (SSSR count). The van der Waals surface area contributed by atoms with E-state index >= 15 is 0 Å². The van der Waals surface area contributed by atoms with Crippen molar-refractivity contribution in [2.75, 3.05) is 0 Å². The zero-order chi connectivity index (χ0) is 13.5. The molecule has 2 aromatic carbocycles. The number of aliphatic hydroxyl groups excluding tert-OH is 1. The van der Waals surface area contributed by atoms with Gasteiger partial charge in [-0.05, 0) is 0 Å². The molecule has 0 aliphatic rings. The summed E-state index contributed by atoms with van der Waals surface area (Å²) in [7, 11) is 0. The van der Waals surface area contributed by atoms with E-state index in [9.17, 15) is 5.11 Å². The van der Waals surface area contributed by atoms with Crippen molar-refractivity contribution in [3.63, 3.8) is 0 Å². The molecular weight excluding hydrogens is 366 g/mol. The second-order valence-electron chi connectivity index (χ2n) is 4.04. The summed E-state index contributed by atoms with van der Waals surface area (Å²) in [6.45, 7) is 1.86. The van der Waals surface area contributed by atoms with E-state index in [0.717, 1.165) is 0 Å². The fourth-order valence-electron chi connectivity index (χ4n) is 1.46. The number of aliphatic hydroxyl groups is 1. The summed E-state index contributed by atoms with van der Waals surface area (Å²) in [4.78, 5) is 2.24. The van der Waals surface area contributed by atoms with Crippen LogP contribution in [0.25, 0.3) is 0 Å². The Balaban J connectivity index is 2.08. The third-order valence-corrected chi connectivity index (χ3v) is 7.65. The Kier molecular flexibility index (Phi) is 5.90. The summed E-state index contributed by atoms with van der Waals surface area (Å²) in [5, 5.41) is 9.91. The van der Waals surface area contributed by atoms with E-state index in [0.29, 0.717) is 15.0 Å². The zero-order valence-corrected chi connectivity index (χ0v) is 14.1. The summed E-state index contributed by atoms with van der Waals surface area (Å²) >= 11 is 0.510. The van der Waals surface area contributed by atoms with Crippen LogP contribution in [0.15, 0.2) is 70.1 Å². The summed E-state index contributed by atoms with van der Waals surface area (Å²) in [5.74, 6) is 0. The molecule has 0 aliphatic heterocycles. The van der Waals surface area contributed by atoms with Gasteiger partial charge in [0, 0.05) is 0 Å². The van der Waals surface area contributed by atoms with Crippen LogP contribution in [0.1, 0.15) is 6.92 Å². The van der Waals surface area contributed by atoms with Gasteiger partial charge in [-0.1, -0.05) is 0 Å². The first-order valence-electron chi connectivity index (χ1n) is 6.08. The zero-order valence-electron chi connectivity index (χ0n) is 10.7. The van der Waals surface area contributed by atoms with Crippen molar-refractivity contribution >= 4 is 38.8 Å². The van der Waals surface area contributed by atoms with Crippen LogP contribution in [0.4, 0.5) is 0 Å². The van der Waals surface area contributed by atoms with E-state index in [4.69, 9.17) is 0 Å². The Bertz CT molecular complexity index is 521. The van der Waals surface area contributed by atoms with Crippen molar-refractivity contribution in [2.24, 2.45) is 0 Å². The predicted molar refractivity (Wildman–Crippen MR) is 83.4 cm³/mol. The summed E-state index contributed by atoms with van der Waals surface area (Å²) in [6.07, 6.45) is -0.356. The van der Waals surface area contributed by atoms with E-state index in [1.165, 1.54) is 13.4 Å². The maximum absolute atomic E-state index is 9.91. The molecule has 0 aromatic heterocycles. The minimum absolute atomic E-state index is 0.214. The van der Waals surface area contributed by atoms with Gasteiger partial charge in [-0.25, -0.2) is 0 Å². The van der Waals surface area contributed by atoms with Gasteiger partial charge in [-0.15, -0.1) is 0 Å². The SMILES string of the molecule is CC(O)/C(=C/[Se]c1ccccc1)[Se]c1ccccc1. The van der Waals surface area contributed by atoms with E-state index < -0.39 is 0 Å². The quantitative estimate of drug-likeness (QED) is 0.773. The minimum atomic E-state index is -0.356. The van der Waals surface area contributed by atoms with Crippen molar-refractivity contribution in [1.29, 1.82) is 0 Å². The van der Waals surface area contributed by atoms with Crippen LogP contribution in [-0.4, -0.2) is 41.1 Å². The first-order chi connectivity index (χ1) is 9.25. The van der Waals surface area contributed by atoms with E-state index in [1.807, 2.05) is 19.1 Å². The van der Waals surface area contributed by atoms with Gasteiger partial charge in [0.1, 0.15) is 0 Å². The average molecular weight is 382 g/mol. The molecule has 1 N–H and O–H groups in total. The molecule has 0 fully saturated rings. The van der Waals surface area contributed by atoms with Crippen LogP contribution in [0.2, 0.25) is 0 Å². The van der Waals surface area contributed by atoms with Crippen LogP contribution in [0.3, 0.4) is 0 Å². The van der Waals surface area contributed by atoms with Crippen LogP contribution >= 0.6 is 0 Å². The third kappa shape index (κ3) is 4.98. The molecule has 0 bridgehead atoms. The monoisotopic (exact) mass is 384 g/mol. The Labute approximate surface area is 127 Å². The fraction of sp³-hybridized carbons (Fsp3) is 0.125. The molecule has 0 saturated heterocycles. The Morgan fingerprint density at radius 1 is 0.947 bits per heavy atom. The molecule has 3 heteroatoms. The van der Waals surface area contributed by atoms with Gasteiger partial charge in [-0.2, -0.15) is 0 Å². The van der Waals surface area contributed by atoms with Crippen LogP contribution in [-0.2, 0) is 0 Å². The van der Waals surface area contributed by atoms with Crippen LogP contribution in [0, 0.1) is 0 Å².